The third-order valence-corrected chi connectivity index (χ3v) is 4.05. The molecule has 1 rings (SSSR count). The molecule has 0 aromatic heterocycles. The van der Waals surface area contributed by atoms with Crippen molar-refractivity contribution in [1.29, 1.82) is 0 Å². The molecule has 2 amide bonds. The van der Waals surface area contributed by atoms with Crippen LogP contribution in [0.5, 0.6) is 11.5 Å². The van der Waals surface area contributed by atoms with Gasteiger partial charge < -0.3 is 19.7 Å². The molecule has 0 saturated carbocycles. The van der Waals surface area contributed by atoms with Crippen molar-refractivity contribution < 1.29 is 19.1 Å². The minimum absolute atomic E-state index is 0.0197. The number of amides is 2. The molecular formula is C18H28N2O4. The number of anilines is 1. The highest BCUT2D eigenvalue weighted by Crippen LogP contribution is 2.32. The Morgan fingerprint density at radius 1 is 1.17 bits per heavy atom. The number of carbonyl (C=O) groups is 2. The van der Waals surface area contributed by atoms with Gasteiger partial charge in [0.05, 0.1) is 19.9 Å². The van der Waals surface area contributed by atoms with E-state index in [2.05, 4.69) is 5.32 Å². The van der Waals surface area contributed by atoms with Crippen molar-refractivity contribution in [1.82, 2.24) is 5.32 Å². The van der Waals surface area contributed by atoms with Gasteiger partial charge in [0, 0.05) is 32.0 Å². The number of methoxy groups -OCH3 is 2. The van der Waals surface area contributed by atoms with Gasteiger partial charge in [-0.25, -0.2) is 0 Å². The van der Waals surface area contributed by atoms with Gasteiger partial charge in [0.25, 0.3) is 0 Å². The number of nitrogens with zero attached hydrogens (tertiary/aromatic N) is 1. The van der Waals surface area contributed by atoms with E-state index >= 15 is 0 Å². The number of hydrogen-bond acceptors (Lipinski definition) is 4. The molecule has 0 aliphatic carbocycles. The maximum absolute atomic E-state index is 12.0. The number of carbonyl (C=O) groups excluding carboxylic acids is 2. The first-order valence-electron chi connectivity index (χ1n) is 8.26. The largest absolute Gasteiger partial charge is 0.497 e. The van der Waals surface area contributed by atoms with Crippen LogP contribution in [0, 0.1) is 5.92 Å². The fourth-order valence-corrected chi connectivity index (χ4v) is 2.55. The van der Waals surface area contributed by atoms with Crippen molar-refractivity contribution in [2.75, 3.05) is 32.2 Å². The van der Waals surface area contributed by atoms with E-state index in [-0.39, 0.29) is 17.7 Å². The molecule has 0 saturated heterocycles. The first kappa shape index (κ1) is 19.8. The van der Waals surface area contributed by atoms with Gasteiger partial charge in [0.15, 0.2) is 0 Å². The van der Waals surface area contributed by atoms with Crippen LogP contribution >= 0.6 is 0 Å². The van der Waals surface area contributed by atoms with E-state index < -0.39 is 0 Å². The zero-order valence-electron chi connectivity index (χ0n) is 15.2. The van der Waals surface area contributed by atoms with Crippen LogP contribution in [0.4, 0.5) is 5.69 Å². The van der Waals surface area contributed by atoms with Crippen molar-refractivity contribution in [2.24, 2.45) is 5.92 Å². The molecule has 1 aromatic carbocycles. The van der Waals surface area contributed by atoms with Crippen LogP contribution in [0.3, 0.4) is 0 Å². The number of benzene rings is 1. The average Bonchev–Trinajstić information content (AvgIpc) is 2.59. The summed E-state index contributed by atoms with van der Waals surface area (Å²) in [6.07, 6.45) is 1.62. The van der Waals surface area contributed by atoms with Crippen molar-refractivity contribution in [3.63, 3.8) is 0 Å². The van der Waals surface area contributed by atoms with Crippen LogP contribution in [0.2, 0.25) is 0 Å². The molecule has 0 unspecified atom stereocenters. The van der Waals surface area contributed by atoms with Gasteiger partial charge in [0.1, 0.15) is 11.5 Å². The fourth-order valence-electron chi connectivity index (χ4n) is 2.55. The predicted molar refractivity (Wildman–Crippen MR) is 94.7 cm³/mol. The molecule has 1 aromatic rings. The summed E-state index contributed by atoms with van der Waals surface area (Å²) in [5.74, 6) is 1.14. The molecule has 0 aliphatic heterocycles. The minimum atomic E-state index is -0.116. The molecule has 0 heterocycles. The van der Waals surface area contributed by atoms with Gasteiger partial charge in [-0.15, -0.1) is 0 Å². The van der Waals surface area contributed by atoms with Crippen molar-refractivity contribution >= 4 is 17.5 Å². The van der Waals surface area contributed by atoms with Crippen LogP contribution < -0.4 is 19.7 Å². The molecule has 24 heavy (non-hydrogen) atoms. The Bertz CT molecular complexity index is 556. The quantitative estimate of drug-likeness (QED) is 0.753. The molecule has 1 N–H and O–H groups in total. The molecule has 0 spiro atoms. The van der Waals surface area contributed by atoms with Crippen LogP contribution in [0.1, 0.15) is 33.6 Å². The van der Waals surface area contributed by atoms with Crippen molar-refractivity contribution in [3.05, 3.63) is 18.2 Å². The third-order valence-electron chi connectivity index (χ3n) is 4.05. The summed E-state index contributed by atoms with van der Waals surface area (Å²) in [7, 11) is 3.12. The first-order valence-corrected chi connectivity index (χ1v) is 8.26. The molecule has 6 nitrogen and oxygen atoms in total. The van der Waals surface area contributed by atoms with Gasteiger partial charge >= 0.3 is 0 Å². The van der Waals surface area contributed by atoms with Crippen LogP contribution in [0.15, 0.2) is 18.2 Å². The Labute approximate surface area is 144 Å². The van der Waals surface area contributed by atoms with Crippen LogP contribution in [-0.2, 0) is 9.59 Å². The lowest BCUT2D eigenvalue weighted by molar-refractivity contribution is -0.125. The Kier molecular flexibility index (Phi) is 8.09. The van der Waals surface area contributed by atoms with Crippen molar-refractivity contribution in [2.45, 2.75) is 33.6 Å². The fraction of sp³-hybridized carbons (Fsp3) is 0.556. The summed E-state index contributed by atoms with van der Waals surface area (Å²) in [5, 5.41) is 2.90. The highest BCUT2D eigenvalue weighted by atomic mass is 16.5. The number of rotatable bonds is 9. The maximum Gasteiger partial charge on any atom is 0.224 e. The number of nitrogens with one attached hydrogen (secondary N) is 1. The summed E-state index contributed by atoms with van der Waals surface area (Å²) in [4.78, 5) is 25.6. The van der Waals surface area contributed by atoms with E-state index in [0.717, 1.165) is 12.8 Å². The molecule has 0 aliphatic rings. The highest BCUT2D eigenvalue weighted by Gasteiger charge is 2.18. The maximum atomic E-state index is 12.0. The summed E-state index contributed by atoms with van der Waals surface area (Å²) >= 11 is 0. The zero-order chi connectivity index (χ0) is 18.1. The molecule has 0 fully saturated rings. The second-order valence-corrected chi connectivity index (χ2v) is 5.51. The summed E-state index contributed by atoms with van der Waals surface area (Å²) in [6.45, 7) is 6.26. The number of hydrogen-bond donors (Lipinski definition) is 1. The lowest BCUT2D eigenvalue weighted by atomic mass is 10.0. The summed E-state index contributed by atoms with van der Waals surface area (Å²) < 4.78 is 10.5. The topological polar surface area (TPSA) is 67.9 Å². The van der Waals surface area contributed by atoms with Gasteiger partial charge in [-0.1, -0.05) is 13.8 Å². The smallest absolute Gasteiger partial charge is 0.224 e. The summed E-state index contributed by atoms with van der Waals surface area (Å²) in [5.41, 5.74) is 0.655. The van der Waals surface area contributed by atoms with Crippen LogP contribution in [-0.4, -0.2) is 39.1 Å². The Morgan fingerprint density at radius 2 is 1.83 bits per heavy atom. The molecule has 134 valence electrons. The van der Waals surface area contributed by atoms with E-state index in [4.69, 9.17) is 9.47 Å². The minimum Gasteiger partial charge on any atom is -0.497 e. The first-order chi connectivity index (χ1) is 11.5. The Morgan fingerprint density at radius 3 is 2.33 bits per heavy atom. The van der Waals surface area contributed by atoms with E-state index in [0.29, 0.717) is 30.3 Å². The molecule has 0 radical (unpaired) electrons. The SMILES string of the molecule is CCC(CC)C(=O)NCCN(C(C)=O)c1ccc(OC)cc1OC. The molecular weight excluding hydrogens is 308 g/mol. The predicted octanol–water partition coefficient (Wildman–Crippen LogP) is 2.61. The monoisotopic (exact) mass is 336 g/mol. The van der Waals surface area contributed by atoms with Crippen LogP contribution in [0.25, 0.3) is 0 Å². The Balaban J connectivity index is 2.82. The van der Waals surface area contributed by atoms with Gasteiger partial charge in [-0.2, -0.15) is 0 Å². The molecule has 0 atom stereocenters. The standard InChI is InChI=1S/C18H28N2O4/c1-6-14(7-2)18(22)19-10-11-20(13(3)21)16-9-8-15(23-4)12-17(16)24-5/h8-9,12,14H,6-7,10-11H2,1-5H3,(H,19,22). The lowest BCUT2D eigenvalue weighted by Gasteiger charge is -2.24. The van der Waals surface area contributed by atoms with Gasteiger partial charge in [-0.3, -0.25) is 9.59 Å². The van der Waals surface area contributed by atoms with E-state index in [1.807, 2.05) is 13.8 Å². The molecule has 6 heteroatoms. The zero-order valence-corrected chi connectivity index (χ0v) is 15.2. The molecule has 0 bridgehead atoms. The third kappa shape index (κ3) is 5.15. The number of ether oxygens (including phenoxy) is 2. The van der Waals surface area contributed by atoms with E-state index in [9.17, 15) is 9.59 Å². The van der Waals surface area contributed by atoms with E-state index in [1.165, 1.54) is 6.92 Å². The van der Waals surface area contributed by atoms with Gasteiger partial charge in [0.2, 0.25) is 11.8 Å². The lowest BCUT2D eigenvalue weighted by Crippen LogP contribution is -2.39. The van der Waals surface area contributed by atoms with Crippen molar-refractivity contribution in [3.8, 4) is 11.5 Å². The second-order valence-electron chi connectivity index (χ2n) is 5.51. The highest BCUT2D eigenvalue weighted by molar-refractivity contribution is 5.93. The Hall–Kier alpha value is -2.24. The summed E-state index contributed by atoms with van der Waals surface area (Å²) in [6, 6.07) is 5.28. The van der Waals surface area contributed by atoms with Gasteiger partial charge in [-0.05, 0) is 25.0 Å². The average molecular weight is 336 g/mol. The second kappa shape index (κ2) is 9.80. The normalized spacial score (nSPS) is 10.4. The van der Waals surface area contributed by atoms with E-state index in [1.54, 1.807) is 37.3 Å².